The van der Waals surface area contributed by atoms with Gasteiger partial charge in [-0.15, -0.1) is 0 Å². The van der Waals surface area contributed by atoms with Gasteiger partial charge in [-0.3, -0.25) is 9.78 Å². The average molecular weight is 391 g/mol. The van der Waals surface area contributed by atoms with E-state index in [0.29, 0.717) is 22.6 Å². The normalized spacial score (nSPS) is 14.8. The second-order valence-electron chi connectivity index (χ2n) is 7.19. The summed E-state index contributed by atoms with van der Waals surface area (Å²) in [6.07, 6.45) is 0. The Bertz CT molecular complexity index is 1340. The molecule has 1 aliphatic heterocycles. The SMILES string of the molecule is N#Cc1ccc2c(c1)C(c1cc(Nc3ccc(N)cc3)c3ccccc3n1)C(=O)N2. The summed E-state index contributed by atoms with van der Waals surface area (Å²) in [6.45, 7) is 0. The Kier molecular flexibility index (Phi) is 4.08. The molecule has 2 heterocycles. The predicted octanol–water partition coefficient (Wildman–Crippen LogP) is 4.52. The molecule has 1 unspecified atom stereocenters. The number of nitrogens with one attached hydrogen (secondary N) is 2. The highest BCUT2D eigenvalue weighted by molar-refractivity contribution is 6.05. The number of hydrogen-bond donors (Lipinski definition) is 3. The van der Waals surface area contributed by atoms with E-state index in [1.807, 2.05) is 54.6 Å². The van der Waals surface area contributed by atoms with Crippen molar-refractivity contribution in [2.24, 2.45) is 0 Å². The maximum atomic E-state index is 12.8. The quantitative estimate of drug-likeness (QED) is 0.446. The van der Waals surface area contributed by atoms with Crippen LogP contribution < -0.4 is 16.4 Å². The number of nitriles is 1. The summed E-state index contributed by atoms with van der Waals surface area (Å²) in [4.78, 5) is 17.6. The Hall–Kier alpha value is -4.37. The minimum Gasteiger partial charge on any atom is -0.399 e. The average Bonchev–Trinajstić information content (AvgIpc) is 3.10. The van der Waals surface area contributed by atoms with Gasteiger partial charge in [0.1, 0.15) is 5.92 Å². The van der Waals surface area contributed by atoms with Gasteiger partial charge >= 0.3 is 0 Å². The van der Waals surface area contributed by atoms with Gasteiger partial charge in [-0.1, -0.05) is 18.2 Å². The molecular weight excluding hydrogens is 374 g/mol. The van der Waals surface area contributed by atoms with E-state index in [4.69, 9.17) is 10.7 Å². The lowest BCUT2D eigenvalue weighted by Gasteiger charge is -2.15. The van der Waals surface area contributed by atoms with E-state index in [2.05, 4.69) is 16.7 Å². The number of fused-ring (bicyclic) bond motifs is 2. The summed E-state index contributed by atoms with van der Waals surface area (Å²) in [5.41, 5.74) is 11.6. The summed E-state index contributed by atoms with van der Waals surface area (Å²) >= 11 is 0. The first-order valence-electron chi connectivity index (χ1n) is 9.49. The number of pyridine rings is 1. The van der Waals surface area contributed by atoms with Gasteiger partial charge in [-0.05, 0) is 60.2 Å². The molecular formula is C24H17N5O. The largest absolute Gasteiger partial charge is 0.399 e. The molecule has 0 radical (unpaired) electrons. The van der Waals surface area contributed by atoms with Gasteiger partial charge in [0.05, 0.1) is 22.8 Å². The lowest BCUT2D eigenvalue weighted by atomic mass is 9.94. The number of nitrogens with two attached hydrogens (primary N) is 1. The summed E-state index contributed by atoms with van der Waals surface area (Å²) < 4.78 is 0. The van der Waals surface area contributed by atoms with Gasteiger partial charge in [-0.25, -0.2) is 0 Å². The number of benzene rings is 3. The minimum absolute atomic E-state index is 0.152. The van der Waals surface area contributed by atoms with E-state index in [1.165, 1.54) is 0 Å². The van der Waals surface area contributed by atoms with Crippen LogP contribution in [0.2, 0.25) is 0 Å². The van der Waals surface area contributed by atoms with Crippen LogP contribution in [0.15, 0.2) is 72.8 Å². The number of anilines is 4. The summed E-state index contributed by atoms with van der Waals surface area (Å²) in [7, 11) is 0. The molecule has 30 heavy (non-hydrogen) atoms. The fraction of sp³-hybridized carbons (Fsp3) is 0.0417. The number of carbonyl (C=O) groups is 1. The Balaban J connectivity index is 1.65. The summed E-state index contributed by atoms with van der Waals surface area (Å²) in [5.74, 6) is -0.730. The summed E-state index contributed by atoms with van der Waals surface area (Å²) in [5, 5.41) is 16.5. The van der Waals surface area contributed by atoms with Gasteiger partial charge < -0.3 is 16.4 Å². The van der Waals surface area contributed by atoms with Crippen LogP contribution in [0.25, 0.3) is 10.9 Å². The number of nitrogen functional groups attached to an aromatic ring is 1. The third-order valence-electron chi connectivity index (χ3n) is 5.23. The zero-order valence-corrected chi connectivity index (χ0v) is 15.9. The number of para-hydroxylation sites is 1. The molecule has 4 aromatic rings. The van der Waals surface area contributed by atoms with Crippen LogP contribution >= 0.6 is 0 Å². The Labute approximate surface area is 173 Å². The van der Waals surface area contributed by atoms with Crippen molar-refractivity contribution in [3.63, 3.8) is 0 Å². The standard InChI is InChI=1S/C24H17N5O/c25-13-14-5-10-20-18(11-14)23(24(30)29-20)22-12-21(17-3-1-2-4-19(17)28-22)27-16-8-6-15(26)7-9-16/h1-12,23H,26H2,(H,27,28)(H,29,30). The topological polar surface area (TPSA) is 104 Å². The van der Waals surface area contributed by atoms with E-state index in [0.717, 1.165) is 27.8 Å². The van der Waals surface area contributed by atoms with E-state index < -0.39 is 5.92 Å². The van der Waals surface area contributed by atoms with Gasteiger partial charge in [0.15, 0.2) is 0 Å². The zero-order chi connectivity index (χ0) is 20.7. The zero-order valence-electron chi connectivity index (χ0n) is 15.9. The van der Waals surface area contributed by atoms with Crippen molar-refractivity contribution in [3.8, 4) is 6.07 Å². The number of nitrogens with zero attached hydrogens (tertiary/aromatic N) is 2. The van der Waals surface area contributed by atoms with Gasteiger partial charge in [0.25, 0.3) is 0 Å². The maximum Gasteiger partial charge on any atom is 0.238 e. The third-order valence-corrected chi connectivity index (χ3v) is 5.23. The number of hydrogen-bond acceptors (Lipinski definition) is 5. The molecule has 1 aromatic heterocycles. The van der Waals surface area contributed by atoms with E-state index in [-0.39, 0.29) is 5.91 Å². The molecule has 0 bridgehead atoms. The van der Waals surface area contributed by atoms with Crippen molar-refractivity contribution in [2.75, 3.05) is 16.4 Å². The number of carbonyl (C=O) groups excluding carboxylic acids is 1. The van der Waals surface area contributed by atoms with Crippen molar-refractivity contribution in [1.82, 2.24) is 4.98 Å². The summed E-state index contributed by atoms with van der Waals surface area (Å²) in [6, 6.07) is 24.5. The maximum absolute atomic E-state index is 12.8. The van der Waals surface area contributed by atoms with Gasteiger partial charge in [-0.2, -0.15) is 5.26 Å². The Morgan fingerprint density at radius 1 is 1.03 bits per heavy atom. The Morgan fingerprint density at radius 3 is 2.63 bits per heavy atom. The molecule has 144 valence electrons. The molecule has 0 saturated carbocycles. The van der Waals surface area contributed by atoms with Crippen molar-refractivity contribution in [3.05, 3.63) is 89.6 Å². The van der Waals surface area contributed by atoms with Crippen LogP contribution in [0.3, 0.4) is 0 Å². The predicted molar refractivity (Wildman–Crippen MR) is 118 cm³/mol. The highest BCUT2D eigenvalue weighted by atomic mass is 16.2. The molecule has 0 fully saturated rings. The highest BCUT2D eigenvalue weighted by Crippen LogP contribution is 2.39. The van der Waals surface area contributed by atoms with Crippen LogP contribution in [-0.4, -0.2) is 10.9 Å². The van der Waals surface area contributed by atoms with Crippen molar-refractivity contribution in [2.45, 2.75) is 5.92 Å². The van der Waals surface area contributed by atoms with Gasteiger partial charge in [0, 0.05) is 28.1 Å². The van der Waals surface area contributed by atoms with Crippen molar-refractivity contribution in [1.29, 1.82) is 5.26 Å². The first-order valence-corrected chi connectivity index (χ1v) is 9.49. The highest BCUT2D eigenvalue weighted by Gasteiger charge is 2.33. The second kappa shape index (κ2) is 6.90. The smallest absolute Gasteiger partial charge is 0.238 e. The molecule has 6 nitrogen and oxygen atoms in total. The van der Waals surface area contributed by atoms with Crippen LogP contribution in [0.1, 0.15) is 22.7 Å². The van der Waals surface area contributed by atoms with Crippen molar-refractivity contribution < 1.29 is 4.79 Å². The number of amides is 1. The van der Waals surface area contributed by atoms with Crippen LogP contribution in [0.5, 0.6) is 0 Å². The molecule has 3 aromatic carbocycles. The molecule has 0 saturated heterocycles. The van der Waals surface area contributed by atoms with Crippen LogP contribution in [0, 0.1) is 11.3 Å². The lowest BCUT2D eigenvalue weighted by Crippen LogP contribution is -2.15. The molecule has 0 spiro atoms. The molecule has 4 N–H and O–H groups in total. The first-order chi connectivity index (χ1) is 14.6. The molecule has 5 rings (SSSR count). The minimum atomic E-state index is -0.579. The van der Waals surface area contributed by atoms with Crippen molar-refractivity contribution >= 4 is 39.6 Å². The second-order valence-corrected chi connectivity index (χ2v) is 7.19. The molecule has 6 heteroatoms. The molecule has 1 amide bonds. The number of rotatable bonds is 3. The first kappa shape index (κ1) is 17.7. The van der Waals surface area contributed by atoms with Crippen LogP contribution in [0.4, 0.5) is 22.7 Å². The van der Waals surface area contributed by atoms with Crippen LogP contribution in [-0.2, 0) is 4.79 Å². The molecule has 1 atom stereocenters. The fourth-order valence-corrected chi connectivity index (χ4v) is 3.79. The molecule has 1 aliphatic rings. The lowest BCUT2D eigenvalue weighted by molar-refractivity contribution is -0.116. The van der Waals surface area contributed by atoms with E-state index in [1.54, 1.807) is 18.2 Å². The van der Waals surface area contributed by atoms with E-state index >= 15 is 0 Å². The fourth-order valence-electron chi connectivity index (χ4n) is 3.79. The Morgan fingerprint density at radius 2 is 1.83 bits per heavy atom. The van der Waals surface area contributed by atoms with Gasteiger partial charge in [0.2, 0.25) is 5.91 Å². The molecule has 0 aliphatic carbocycles. The van der Waals surface area contributed by atoms with E-state index in [9.17, 15) is 10.1 Å². The number of aromatic nitrogens is 1. The monoisotopic (exact) mass is 391 g/mol. The third kappa shape index (κ3) is 2.99.